The first-order valence-corrected chi connectivity index (χ1v) is 3.39. The summed E-state index contributed by atoms with van der Waals surface area (Å²) in [7, 11) is 0. The average molecular weight is 148 g/mol. The topological polar surface area (TPSA) is 41.1 Å². The Morgan fingerprint density at radius 1 is 1.55 bits per heavy atom. The van der Waals surface area contributed by atoms with Crippen molar-refractivity contribution in [2.75, 3.05) is 11.6 Å². The summed E-state index contributed by atoms with van der Waals surface area (Å²) in [5.74, 6) is 0.918. The van der Waals surface area contributed by atoms with Gasteiger partial charge in [0.2, 0.25) is 0 Å². The lowest BCUT2D eigenvalue weighted by Gasteiger charge is -2.11. The Balaban J connectivity index is 2.23. The molecule has 1 aromatic heterocycles. The second-order valence-corrected chi connectivity index (χ2v) is 2.22. The lowest BCUT2D eigenvalue weighted by atomic mass is 10.5. The number of anilines is 1. The maximum atomic E-state index is 4.08. The van der Waals surface area contributed by atoms with Crippen molar-refractivity contribution in [1.29, 1.82) is 0 Å². The van der Waals surface area contributed by atoms with Crippen LogP contribution in [0.4, 0.5) is 5.82 Å². The standard InChI is InChI=1S/C7H8N4/c1-2-8-5-10-7(1)11-4-3-9-6-11/h1-5,9H,6H2. The largest absolute Gasteiger partial charge is 0.372 e. The third-order valence-electron chi connectivity index (χ3n) is 1.49. The van der Waals surface area contributed by atoms with Crippen LogP contribution in [0.3, 0.4) is 0 Å². The summed E-state index contributed by atoms with van der Waals surface area (Å²) >= 11 is 0. The molecule has 11 heavy (non-hydrogen) atoms. The van der Waals surface area contributed by atoms with E-state index in [1.54, 1.807) is 12.5 Å². The van der Waals surface area contributed by atoms with Crippen molar-refractivity contribution in [3.63, 3.8) is 0 Å². The van der Waals surface area contributed by atoms with Gasteiger partial charge in [0.15, 0.2) is 0 Å². The Hall–Kier alpha value is -1.58. The summed E-state index contributed by atoms with van der Waals surface area (Å²) in [4.78, 5) is 9.92. The summed E-state index contributed by atoms with van der Waals surface area (Å²) in [6.07, 6.45) is 7.11. The van der Waals surface area contributed by atoms with Gasteiger partial charge in [-0.15, -0.1) is 0 Å². The average Bonchev–Trinajstić information content (AvgIpc) is 2.58. The van der Waals surface area contributed by atoms with Gasteiger partial charge in [-0.05, 0) is 6.07 Å². The highest BCUT2D eigenvalue weighted by atomic mass is 15.3. The summed E-state index contributed by atoms with van der Waals surface area (Å²) in [6, 6.07) is 1.87. The van der Waals surface area contributed by atoms with Gasteiger partial charge in [0.1, 0.15) is 12.1 Å². The highest BCUT2D eigenvalue weighted by Gasteiger charge is 2.05. The number of hydrogen-bond acceptors (Lipinski definition) is 4. The van der Waals surface area contributed by atoms with Gasteiger partial charge in [-0.3, -0.25) is 0 Å². The minimum atomic E-state index is 0.789. The molecule has 0 aromatic carbocycles. The Morgan fingerprint density at radius 2 is 2.55 bits per heavy atom. The Morgan fingerprint density at radius 3 is 3.18 bits per heavy atom. The van der Waals surface area contributed by atoms with E-state index in [0.717, 1.165) is 12.5 Å². The zero-order valence-corrected chi connectivity index (χ0v) is 5.94. The van der Waals surface area contributed by atoms with Crippen LogP contribution in [0.25, 0.3) is 0 Å². The van der Waals surface area contributed by atoms with Crippen molar-refractivity contribution >= 4 is 5.82 Å². The molecule has 0 amide bonds. The SMILES string of the molecule is C1=CN(c2ccncn2)CN1. The van der Waals surface area contributed by atoms with E-state index in [4.69, 9.17) is 0 Å². The molecular formula is C7H8N4. The molecule has 1 aliphatic heterocycles. The van der Waals surface area contributed by atoms with Crippen LogP contribution in [0.5, 0.6) is 0 Å². The van der Waals surface area contributed by atoms with Crippen LogP contribution in [0, 0.1) is 0 Å². The molecule has 4 nitrogen and oxygen atoms in total. The van der Waals surface area contributed by atoms with Crippen LogP contribution in [-0.2, 0) is 0 Å². The summed E-state index contributed by atoms with van der Waals surface area (Å²) in [5.41, 5.74) is 0. The maximum absolute atomic E-state index is 4.08. The lowest BCUT2D eigenvalue weighted by molar-refractivity contribution is 0.883. The van der Waals surface area contributed by atoms with Crippen molar-refractivity contribution in [1.82, 2.24) is 15.3 Å². The van der Waals surface area contributed by atoms with Gasteiger partial charge in [0, 0.05) is 18.6 Å². The third-order valence-corrected chi connectivity index (χ3v) is 1.49. The molecule has 1 aliphatic rings. The molecule has 0 radical (unpaired) electrons. The van der Waals surface area contributed by atoms with E-state index in [9.17, 15) is 0 Å². The molecule has 0 spiro atoms. The number of nitrogens with one attached hydrogen (secondary N) is 1. The Labute approximate surface area is 64.6 Å². The van der Waals surface area contributed by atoms with Crippen LogP contribution in [0.15, 0.2) is 31.0 Å². The fraction of sp³-hybridized carbons (Fsp3) is 0.143. The molecule has 0 atom stereocenters. The van der Waals surface area contributed by atoms with Crippen LogP contribution < -0.4 is 10.2 Å². The Bertz CT molecular complexity index is 256. The first-order chi connectivity index (χ1) is 5.47. The smallest absolute Gasteiger partial charge is 0.137 e. The molecule has 0 saturated heterocycles. The van der Waals surface area contributed by atoms with Crippen LogP contribution in [-0.4, -0.2) is 16.6 Å². The highest BCUT2D eigenvalue weighted by Crippen LogP contribution is 2.09. The van der Waals surface area contributed by atoms with Crippen molar-refractivity contribution < 1.29 is 0 Å². The van der Waals surface area contributed by atoms with Crippen molar-refractivity contribution in [3.8, 4) is 0 Å². The normalized spacial score (nSPS) is 15.1. The first kappa shape index (κ1) is 6.15. The summed E-state index contributed by atoms with van der Waals surface area (Å²) in [5, 5.41) is 3.06. The molecular weight excluding hydrogens is 140 g/mol. The molecule has 56 valence electrons. The van der Waals surface area contributed by atoms with Gasteiger partial charge in [-0.1, -0.05) is 0 Å². The van der Waals surface area contributed by atoms with Crippen molar-refractivity contribution in [2.45, 2.75) is 0 Å². The highest BCUT2D eigenvalue weighted by molar-refractivity contribution is 5.41. The minimum Gasteiger partial charge on any atom is -0.372 e. The lowest BCUT2D eigenvalue weighted by Crippen LogP contribution is -2.20. The van der Waals surface area contributed by atoms with E-state index in [2.05, 4.69) is 15.3 Å². The van der Waals surface area contributed by atoms with E-state index in [0.29, 0.717) is 0 Å². The van der Waals surface area contributed by atoms with Gasteiger partial charge in [0.25, 0.3) is 0 Å². The van der Waals surface area contributed by atoms with E-state index >= 15 is 0 Å². The molecule has 1 N–H and O–H groups in total. The second-order valence-electron chi connectivity index (χ2n) is 2.22. The quantitative estimate of drug-likeness (QED) is 0.622. The van der Waals surface area contributed by atoms with Crippen LogP contribution >= 0.6 is 0 Å². The van der Waals surface area contributed by atoms with Crippen molar-refractivity contribution in [3.05, 3.63) is 31.0 Å². The molecule has 1 aromatic rings. The van der Waals surface area contributed by atoms with Crippen molar-refractivity contribution in [2.24, 2.45) is 0 Å². The third kappa shape index (κ3) is 1.14. The zero-order chi connectivity index (χ0) is 7.52. The number of rotatable bonds is 1. The number of aromatic nitrogens is 2. The molecule has 0 aliphatic carbocycles. The van der Waals surface area contributed by atoms with Gasteiger partial charge in [-0.2, -0.15) is 0 Å². The van der Waals surface area contributed by atoms with E-state index in [-0.39, 0.29) is 0 Å². The van der Waals surface area contributed by atoms with Gasteiger partial charge >= 0.3 is 0 Å². The van der Waals surface area contributed by atoms with Crippen LogP contribution in [0.1, 0.15) is 0 Å². The number of hydrogen-bond donors (Lipinski definition) is 1. The predicted octanol–water partition coefficient (Wildman–Crippen LogP) is 0.315. The van der Waals surface area contributed by atoms with Crippen LogP contribution in [0.2, 0.25) is 0 Å². The monoisotopic (exact) mass is 148 g/mol. The molecule has 4 heteroatoms. The summed E-state index contributed by atoms with van der Waals surface area (Å²) < 4.78 is 0. The second kappa shape index (κ2) is 2.57. The molecule has 2 heterocycles. The number of nitrogens with zero attached hydrogens (tertiary/aromatic N) is 3. The molecule has 2 rings (SSSR count). The van der Waals surface area contributed by atoms with Gasteiger partial charge in [0.05, 0.1) is 6.67 Å². The molecule has 0 saturated carbocycles. The molecule has 0 fully saturated rings. The van der Waals surface area contributed by atoms with E-state index in [1.165, 1.54) is 0 Å². The maximum Gasteiger partial charge on any atom is 0.137 e. The first-order valence-electron chi connectivity index (χ1n) is 3.39. The summed E-state index contributed by atoms with van der Waals surface area (Å²) in [6.45, 7) is 0.789. The molecule has 0 bridgehead atoms. The predicted molar refractivity (Wildman–Crippen MR) is 41.7 cm³/mol. The van der Waals surface area contributed by atoms with Gasteiger partial charge < -0.3 is 10.2 Å². The fourth-order valence-corrected chi connectivity index (χ4v) is 0.957. The fourth-order valence-electron chi connectivity index (χ4n) is 0.957. The van der Waals surface area contributed by atoms with E-state index in [1.807, 2.05) is 23.4 Å². The van der Waals surface area contributed by atoms with E-state index < -0.39 is 0 Å². The molecule has 0 unspecified atom stereocenters. The van der Waals surface area contributed by atoms with Gasteiger partial charge in [-0.25, -0.2) is 9.97 Å². The zero-order valence-electron chi connectivity index (χ0n) is 5.94. The Kier molecular flexibility index (Phi) is 1.44. The minimum absolute atomic E-state index is 0.789.